The molecule has 0 N–H and O–H groups in total. The van der Waals surface area contributed by atoms with Crippen LogP contribution in [0.15, 0.2) is 60.8 Å². The first-order valence-corrected chi connectivity index (χ1v) is 6.82. The van der Waals surface area contributed by atoms with Crippen LogP contribution in [0.25, 0.3) is 11.3 Å². The van der Waals surface area contributed by atoms with Gasteiger partial charge in [0.05, 0.1) is 5.69 Å². The predicted octanol–water partition coefficient (Wildman–Crippen LogP) is 4.96. The van der Waals surface area contributed by atoms with Gasteiger partial charge in [0.1, 0.15) is 0 Å². The summed E-state index contributed by atoms with van der Waals surface area (Å²) in [6.07, 6.45) is 1.85. The Morgan fingerprint density at radius 3 is 2.29 bits per heavy atom. The van der Waals surface area contributed by atoms with Gasteiger partial charge < -0.3 is 9.47 Å². The molecule has 102 valence electrons. The normalized spacial score (nSPS) is 11.9. The highest BCUT2D eigenvalue weighted by Gasteiger charge is 2.22. The fourth-order valence-electron chi connectivity index (χ4n) is 2.38. The number of rotatable bonds is 1. The number of hydrogen-bond acceptors (Lipinski definition) is 3. The van der Waals surface area contributed by atoms with Crippen LogP contribution in [0.3, 0.4) is 0 Å². The molecule has 0 radical (unpaired) electrons. The quantitative estimate of drug-likeness (QED) is 0.492. The van der Waals surface area contributed by atoms with Crippen molar-refractivity contribution in [2.75, 3.05) is 0 Å². The van der Waals surface area contributed by atoms with Gasteiger partial charge >= 0.3 is 0 Å². The van der Waals surface area contributed by atoms with Crippen LogP contribution in [0, 0.1) is 6.92 Å². The summed E-state index contributed by atoms with van der Waals surface area (Å²) in [5.41, 5.74) is 2.94. The zero-order valence-corrected chi connectivity index (χ0v) is 11.5. The van der Waals surface area contributed by atoms with Gasteiger partial charge in [-0.15, -0.1) is 0 Å². The first kappa shape index (κ1) is 12.0. The fourth-order valence-corrected chi connectivity index (χ4v) is 2.38. The van der Waals surface area contributed by atoms with E-state index in [1.54, 1.807) is 0 Å². The van der Waals surface area contributed by atoms with E-state index >= 15 is 0 Å². The van der Waals surface area contributed by atoms with E-state index in [0.717, 1.165) is 28.3 Å². The number of pyridine rings is 1. The lowest BCUT2D eigenvalue weighted by Crippen LogP contribution is -2.00. The van der Waals surface area contributed by atoms with E-state index in [2.05, 4.69) is 4.98 Å². The zero-order valence-electron chi connectivity index (χ0n) is 11.5. The van der Waals surface area contributed by atoms with Gasteiger partial charge in [-0.2, -0.15) is 0 Å². The monoisotopic (exact) mass is 275 g/mol. The molecule has 0 bridgehead atoms. The number of ether oxygens (including phenoxy) is 2. The standard InChI is InChI=1S/C18H13NO2/c1-12-9-10-14(19-11-12)13-5-4-8-17-18(13)21-16-7-3-2-6-15(16)20-17/h2-11H,1H3. The minimum atomic E-state index is 0.715. The summed E-state index contributed by atoms with van der Waals surface area (Å²) < 4.78 is 11.9. The Morgan fingerprint density at radius 1 is 0.762 bits per heavy atom. The molecular formula is C18H13NO2. The highest BCUT2D eigenvalue weighted by molar-refractivity contribution is 5.73. The topological polar surface area (TPSA) is 31.4 Å². The first-order chi connectivity index (χ1) is 10.3. The van der Waals surface area contributed by atoms with Crippen molar-refractivity contribution in [3.05, 3.63) is 66.4 Å². The van der Waals surface area contributed by atoms with E-state index in [4.69, 9.17) is 9.47 Å². The van der Waals surface area contributed by atoms with E-state index < -0.39 is 0 Å². The molecular weight excluding hydrogens is 262 g/mol. The Kier molecular flexibility index (Phi) is 2.64. The van der Waals surface area contributed by atoms with Crippen LogP contribution in [-0.4, -0.2) is 4.98 Å². The smallest absolute Gasteiger partial charge is 0.179 e. The number of fused-ring (bicyclic) bond motifs is 2. The predicted molar refractivity (Wildman–Crippen MR) is 81.0 cm³/mol. The highest BCUT2D eigenvalue weighted by Crippen LogP contribution is 2.48. The van der Waals surface area contributed by atoms with Gasteiger partial charge in [-0.05, 0) is 42.8 Å². The molecule has 0 aliphatic carbocycles. The maximum atomic E-state index is 6.03. The van der Waals surface area contributed by atoms with Crippen LogP contribution in [0.4, 0.5) is 0 Å². The molecule has 1 aromatic heterocycles. The van der Waals surface area contributed by atoms with E-state index in [9.17, 15) is 0 Å². The molecule has 2 heterocycles. The summed E-state index contributed by atoms with van der Waals surface area (Å²) in [6.45, 7) is 2.02. The number of para-hydroxylation sites is 3. The molecule has 0 unspecified atom stereocenters. The van der Waals surface area contributed by atoms with Gasteiger partial charge in [-0.25, -0.2) is 0 Å². The van der Waals surface area contributed by atoms with Crippen molar-refractivity contribution >= 4 is 0 Å². The molecule has 3 heteroatoms. The molecule has 3 nitrogen and oxygen atoms in total. The summed E-state index contributed by atoms with van der Waals surface area (Å²) in [5, 5.41) is 0. The van der Waals surface area contributed by atoms with Crippen molar-refractivity contribution < 1.29 is 9.47 Å². The summed E-state index contributed by atoms with van der Waals surface area (Å²) >= 11 is 0. The van der Waals surface area contributed by atoms with Crippen molar-refractivity contribution in [3.8, 4) is 34.3 Å². The Hall–Kier alpha value is -2.81. The maximum Gasteiger partial charge on any atom is 0.179 e. The summed E-state index contributed by atoms with van der Waals surface area (Å²) in [4.78, 5) is 4.48. The van der Waals surface area contributed by atoms with Crippen LogP contribution in [0.1, 0.15) is 5.56 Å². The Bertz CT molecular complexity index is 810. The number of hydrogen-bond donors (Lipinski definition) is 0. The highest BCUT2D eigenvalue weighted by atomic mass is 16.6. The van der Waals surface area contributed by atoms with Crippen molar-refractivity contribution in [2.45, 2.75) is 6.92 Å². The SMILES string of the molecule is Cc1ccc(-c2cccc3c2Oc2ccccc2O3)nc1. The zero-order chi connectivity index (χ0) is 14.2. The Morgan fingerprint density at radius 2 is 1.52 bits per heavy atom. The second-order valence-corrected chi connectivity index (χ2v) is 5.00. The van der Waals surface area contributed by atoms with Gasteiger partial charge in [-0.1, -0.05) is 24.3 Å². The van der Waals surface area contributed by atoms with Crippen molar-refractivity contribution in [3.63, 3.8) is 0 Å². The first-order valence-electron chi connectivity index (χ1n) is 6.82. The molecule has 3 aromatic rings. The van der Waals surface area contributed by atoms with Gasteiger partial charge in [0.15, 0.2) is 23.0 Å². The minimum absolute atomic E-state index is 0.715. The number of nitrogens with zero attached hydrogens (tertiary/aromatic N) is 1. The van der Waals surface area contributed by atoms with Crippen molar-refractivity contribution in [1.82, 2.24) is 4.98 Å². The number of aryl methyl sites for hydroxylation is 1. The Balaban J connectivity index is 1.84. The lowest BCUT2D eigenvalue weighted by atomic mass is 10.1. The maximum absolute atomic E-state index is 6.03. The number of aromatic nitrogens is 1. The fraction of sp³-hybridized carbons (Fsp3) is 0.0556. The third kappa shape index (κ3) is 2.03. The van der Waals surface area contributed by atoms with Crippen LogP contribution >= 0.6 is 0 Å². The lowest BCUT2D eigenvalue weighted by Gasteiger charge is -2.22. The molecule has 0 amide bonds. The van der Waals surface area contributed by atoms with Crippen LogP contribution in [-0.2, 0) is 0 Å². The molecule has 0 spiro atoms. The number of benzene rings is 2. The molecule has 21 heavy (non-hydrogen) atoms. The average molecular weight is 275 g/mol. The minimum Gasteiger partial charge on any atom is -0.449 e. The summed E-state index contributed by atoms with van der Waals surface area (Å²) in [7, 11) is 0. The third-order valence-electron chi connectivity index (χ3n) is 3.45. The molecule has 1 aliphatic heterocycles. The van der Waals surface area contributed by atoms with Crippen LogP contribution in [0.5, 0.6) is 23.0 Å². The second kappa shape index (κ2) is 4.63. The van der Waals surface area contributed by atoms with Crippen LogP contribution in [0.2, 0.25) is 0 Å². The largest absolute Gasteiger partial charge is 0.449 e. The molecule has 2 aromatic carbocycles. The summed E-state index contributed by atoms with van der Waals surface area (Å²) in [5.74, 6) is 2.89. The molecule has 0 saturated carbocycles. The van der Waals surface area contributed by atoms with Gasteiger partial charge in [0, 0.05) is 11.8 Å². The summed E-state index contributed by atoms with van der Waals surface area (Å²) in [6, 6.07) is 17.5. The molecule has 0 atom stereocenters. The molecule has 0 saturated heterocycles. The van der Waals surface area contributed by atoms with Crippen molar-refractivity contribution in [2.24, 2.45) is 0 Å². The van der Waals surface area contributed by atoms with Crippen molar-refractivity contribution in [1.29, 1.82) is 0 Å². The van der Waals surface area contributed by atoms with Crippen LogP contribution < -0.4 is 9.47 Å². The van der Waals surface area contributed by atoms with Gasteiger partial charge in [0.2, 0.25) is 0 Å². The van der Waals surface area contributed by atoms with E-state index in [0.29, 0.717) is 11.5 Å². The van der Waals surface area contributed by atoms with E-state index in [1.165, 1.54) is 0 Å². The lowest BCUT2D eigenvalue weighted by molar-refractivity contribution is 0.360. The Labute approximate surface area is 122 Å². The molecule has 4 rings (SSSR count). The molecule has 1 aliphatic rings. The van der Waals surface area contributed by atoms with Gasteiger partial charge in [-0.3, -0.25) is 4.98 Å². The van der Waals surface area contributed by atoms with Gasteiger partial charge in [0.25, 0.3) is 0 Å². The molecule has 0 fully saturated rings. The average Bonchev–Trinajstić information content (AvgIpc) is 2.53. The second-order valence-electron chi connectivity index (χ2n) is 5.00. The third-order valence-corrected chi connectivity index (χ3v) is 3.45. The van der Waals surface area contributed by atoms with E-state index in [-0.39, 0.29) is 0 Å². The van der Waals surface area contributed by atoms with E-state index in [1.807, 2.05) is 67.7 Å².